The van der Waals surface area contributed by atoms with E-state index in [4.69, 9.17) is 0 Å². The second-order valence-electron chi connectivity index (χ2n) is 6.11. The molecule has 0 heterocycles. The number of carbonyl (C=O) groups is 1. The number of anilines is 2. The highest BCUT2D eigenvalue weighted by atomic mass is 79.9. The second kappa shape index (κ2) is 9.06. The van der Waals surface area contributed by atoms with Crippen molar-refractivity contribution in [1.29, 1.82) is 0 Å². The van der Waals surface area contributed by atoms with Gasteiger partial charge in [-0.25, -0.2) is 8.42 Å². The number of benzene rings is 3. The van der Waals surface area contributed by atoms with E-state index in [0.29, 0.717) is 10.2 Å². The van der Waals surface area contributed by atoms with Crippen LogP contribution in [0.4, 0.5) is 17.1 Å². The maximum absolute atomic E-state index is 13.1. The number of carbonyl (C=O) groups excluding carboxylic acids is 1. The molecule has 0 aliphatic heterocycles. The molecule has 0 saturated heterocycles. The average Bonchev–Trinajstić information content (AvgIpc) is 2.74. The van der Waals surface area contributed by atoms with Gasteiger partial charge < -0.3 is 10.6 Å². The Kier molecular flexibility index (Phi) is 6.48. The van der Waals surface area contributed by atoms with Crippen LogP contribution in [0.3, 0.4) is 0 Å². The third-order valence-electron chi connectivity index (χ3n) is 4.10. The summed E-state index contributed by atoms with van der Waals surface area (Å²) in [6, 6.07) is 18.3. The average molecular weight is 490 g/mol. The number of hydrogen-bond acceptors (Lipinski definition) is 6. The van der Waals surface area contributed by atoms with E-state index in [9.17, 15) is 23.3 Å². The summed E-state index contributed by atoms with van der Waals surface area (Å²) in [5.41, 5.74) is -0.0640. The predicted molar refractivity (Wildman–Crippen MR) is 116 cm³/mol. The van der Waals surface area contributed by atoms with E-state index >= 15 is 0 Å². The fraction of sp³-hybridized carbons (Fsp3) is 0.0500. The van der Waals surface area contributed by atoms with Gasteiger partial charge in [0.1, 0.15) is 0 Å². The third kappa shape index (κ3) is 4.66. The number of nitro benzene ring substituents is 1. The number of nitrogens with zero attached hydrogens (tertiary/aromatic N) is 1. The first-order valence-corrected chi connectivity index (χ1v) is 10.9. The Morgan fingerprint density at radius 2 is 1.57 bits per heavy atom. The van der Waals surface area contributed by atoms with Crippen molar-refractivity contribution in [3.63, 3.8) is 0 Å². The van der Waals surface area contributed by atoms with Gasteiger partial charge in [-0.3, -0.25) is 14.9 Å². The van der Waals surface area contributed by atoms with E-state index in [1.807, 2.05) is 0 Å². The highest BCUT2D eigenvalue weighted by Crippen LogP contribution is 2.35. The van der Waals surface area contributed by atoms with Gasteiger partial charge in [-0.15, -0.1) is 0 Å². The number of para-hydroxylation sites is 1. The van der Waals surface area contributed by atoms with Gasteiger partial charge in [0, 0.05) is 10.5 Å². The van der Waals surface area contributed by atoms with Crippen molar-refractivity contribution in [2.24, 2.45) is 0 Å². The standard InChI is InChI=1S/C20H16BrN3O5S/c21-15-9-4-5-10-16(15)23-19(25)13-22-17-11-6-12-18(24(26)27)20(17)30(28,29)14-7-2-1-3-8-14/h1-12,22H,13H2,(H,23,25). The molecular formula is C20H16BrN3O5S. The summed E-state index contributed by atoms with van der Waals surface area (Å²) in [7, 11) is -4.20. The van der Waals surface area contributed by atoms with Crippen molar-refractivity contribution >= 4 is 48.7 Å². The van der Waals surface area contributed by atoms with Crippen molar-refractivity contribution in [1.82, 2.24) is 0 Å². The smallest absolute Gasteiger partial charge is 0.290 e. The molecule has 0 aliphatic rings. The number of rotatable bonds is 7. The zero-order valence-corrected chi connectivity index (χ0v) is 17.8. The Morgan fingerprint density at radius 1 is 0.933 bits per heavy atom. The molecule has 0 fully saturated rings. The van der Waals surface area contributed by atoms with Crippen molar-refractivity contribution < 1.29 is 18.1 Å². The minimum atomic E-state index is -4.20. The van der Waals surface area contributed by atoms with Crippen LogP contribution in [0.25, 0.3) is 0 Å². The first-order chi connectivity index (χ1) is 14.3. The Hall–Kier alpha value is -3.24. The molecule has 2 N–H and O–H groups in total. The molecule has 3 rings (SSSR count). The van der Waals surface area contributed by atoms with Gasteiger partial charge in [0.2, 0.25) is 15.7 Å². The van der Waals surface area contributed by atoms with Crippen LogP contribution in [-0.4, -0.2) is 25.8 Å². The Labute approximate surface area is 181 Å². The fourth-order valence-corrected chi connectivity index (χ4v) is 4.72. The number of nitro groups is 1. The van der Waals surface area contributed by atoms with Crippen LogP contribution < -0.4 is 10.6 Å². The molecule has 154 valence electrons. The summed E-state index contributed by atoms with van der Waals surface area (Å²) >= 11 is 3.32. The zero-order valence-electron chi connectivity index (χ0n) is 15.4. The minimum absolute atomic E-state index is 0.0321. The van der Waals surface area contributed by atoms with E-state index in [2.05, 4.69) is 26.6 Å². The van der Waals surface area contributed by atoms with Gasteiger partial charge >= 0.3 is 0 Å². The van der Waals surface area contributed by atoms with E-state index < -0.39 is 31.3 Å². The molecule has 0 aliphatic carbocycles. The highest BCUT2D eigenvalue weighted by molar-refractivity contribution is 9.10. The SMILES string of the molecule is O=C(CNc1cccc([N+](=O)[O-])c1S(=O)(=O)c1ccccc1)Nc1ccccc1Br. The largest absolute Gasteiger partial charge is 0.375 e. The van der Waals surface area contributed by atoms with Crippen LogP contribution in [0.5, 0.6) is 0 Å². The number of amides is 1. The lowest BCUT2D eigenvalue weighted by atomic mass is 10.2. The van der Waals surface area contributed by atoms with Gasteiger partial charge in [0.05, 0.1) is 27.7 Å². The molecule has 0 atom stereocenters. The molecular weight excluding hydrogens is 474 g/mol. The highest BCUT2D eigenvalue weighted by Gasteiger charge is 2.31. The van der Waals surface area contributed by atoms with Crippen LogP contribution in [0, 0.1) is 10.1 Å². The lowest BCUT2D eigenvalue weighted by Crippen LogP contribution is -2.23. The van der Waals surface area contributed by atoms with Gasteiger partial charge in [0.15, 0.2) is 4.90 Å². The van der Waals surface area contributed by atoms with Crippen LogP contribution >= 0.6 is 15.9 Å². The summed E-state index contributed by atoms with van der Waals surface area (Å²) in [6.45, 7) is -0.292. The molecule has 10 heteroatoms. The lowest BCUT2D eigenvalue weighted by molar-refractivity contribution is -0.387. The molecule has 0 bridgehead atoms. The molecule has 8 nitrogen and oxygen atoms in total. The topological polar surface area (TPSA) is 118 Å². The van der Waals surface area contributed by atoms with Crippen molar-refractivity contribution in [2.75, 3.05) is 17.2 Å². The monoisotopic (exact) mass is 489 g/mol. The molecule has 0 aromatic heterocycles. The van der Waals surface area contributed by atoms with Gasteiger partial charge in [-0.2, -0.15) is 0 Å². The first-order valence-electron chi connectivity index (χ1n) is 8.66. The number of hydrogen-bond donors (Lipinski definition) is 2. The van der Waals surface area contributed by atoms with Gasteiger partial charge in [0.25, 0.3) is 5.69 Å². The van der Waals surface area contributed by atoms with E-state index in [1.165, 1.54) is 36.4 Å². The Balaban J connectivity index is 1.92. The molecule has 0 spiro atoms. The Morgan fingerprint density at radius 3 is 2.23 bits per heavy atom. The van der Waals surface area contributed by atoms with E-state index in [-0.39, 0.29) is 17.1 Å². The summed E-state index contributed by atoms with van der Waals surface area (Å²) in [5, 5.41) is 16.9. The third-order valence-corrected chi connectivity index (χ3v) is 6.65. The van der Waals surface area contributed by atoms with Crippen molar-refractivity contribution in [2.45, 2.75) is 9.79 Å². The number of nitrogens with one attached hydrogen (secondary N) is 2. The van der Waals surface area contributed by atoms with E-state index in [0.717, 1.165) is 6.07 Å². The quantitative estimate of drug-likeness (QED) is 0.378. The molecule has 3 aromatic carbocycles. The van der Waals surface area contributed by atoms with Gasteiger partial charge in [-0.1, -0.05) is 36.4 Å². The first kappa shape index (κ1) is 21.5. The minimum Gasteiger partial charge on any atom is -0.375 e. The summed E-state index contributed by atoms with van der Waals surface area (Å²) in [4.78, 5) is 22.5. The van der Waals surface area contributed by atoms with Gasteiger partial charge in [-0.05, 0) is 46.3 Å². The number of sulfone groups is 1. The summed E-state index contributed by atoms with van der Waals surface area (Å²) in [5.74, 6) is -0.448. The maximum atomic E-state index is 13.1. The zero-order chi connectivity index (χ0) is 21.7. The normalized spacial score (nSPS) is 11.0. The lowest BCUT2D eigenvalue weighted by Gasteiger charge is -2.13. The summed E-state index contributed by atoms with van der Waals surface area (Å²) < 4.78 is 26.9. The van der Waals surface area contributed by atoms with Crippen LogP contribution in [-0.2, 0) is 14.6 Å². The van der Waals surface area contributed by atoms with Crippen LogP contribution in [0.15, 0.2) is 87.1 Å². The predicted octanol–water partition coefficient (Wildman–Crippen LogP) is 4.24. The Bertz CT molecular complexity index is 1200. The molecule has 0 saturated carbocycles. The fourth-order valence-electron chi connectivity index (χ4n) is 2.74. The molecule has 3 aromatic rings. The molecule has 0 radical (unpaired) electrons. The van der Waals surface area contributed by atoms with Crippen LogP contribution in [0.2, 0.25) is 0 Å². The van der Waals surface area contributed by atoms with Crippen LogP contribution in [0.1, 0.15) is 0 Å². The maximum Gasteiger partial charge on any atom is 0.290 e. The van der Waals surface area contributed by atoms with Crippen molar-refractivity contribution in [3.8, 4) is 0 Å². The van der Waals surface area contributed by atoms with E-state index in [1.54, 1.807) is 30.3 Å². The second-order valence-corrected chi connectivity index (χ2v) is 8.85. The summed E-state index contributed by atoms with van der Waals surface area (Å²) in [6.07, 6.45) is 0. The van der Waals surface area contributed by atoms with Crippen molar-refractivity contribution in [3.05, 3.63) is 87.4 Å². The molecule has 30 heavy (non-hydrogen) atoms. The molecule has 0 unspecified atom stereocenters. The number of halogens is 1. The molecule has 1 amide bonds.